The Balaban J connectivity index is 1.44. The van der Waals surface area contributed by atoms with Gasteiger partial charge in [0.1, 0.15) is 5.82 Å². The molecule has 3 heterocycles. The van der Waals surface area contributed by atoms with E-state index in [1.54, 1.807) is 0 Å². The Labute approximate surface area is 173 Å². The van der Waals surface area contributed by atoms with Gasteiger partial charge in [0.05, 0.1) is 11.6 Å². The predicted octanol–water partition coefficient (Wildman–Crippen LogP) is 4.89. The zero-order valence-corrected chi connectivity index (χ0v) is 16.4. The second kappa shape index (κ2) is 7.51. The number of nitrogens with one attached hydrogen (secondary N) is 2. The number of anilines is 1. The SMILES string of the molecule is O=C(CN1CCc2c([nH]c3ccc(Cl)cc23)C1)Nc1ccc(Cl)c(C(F)(F)F)n1. The van der Waals surface area contributed by atoms with E-state index in [1.807, 2.05) is 23.1 Å². The molecule has 4 rings (SSSR count). The van der Waals surface area contributed by atoms with Crippen LogP contribution in [0.15, 0.2) is 30.3 Å². The first kappa shape index (κ1) is 20.0. The van der Waals surface area contributed by atoms with Gasteiger partial charge in [-0.15, -0.1) is 0 Å². The molecule has 0 radical (unpaired) electrons. The molecule has 29 heavy (non-hydrogen) atoms. The maximum Gasteiger partial charge on any atom is 0.434 e. The third-order valence-corrected chi connectivity index (χ3v) is 5.31. The summed E-state index contributed by atoms with van der Waals surface area (Å²) in [5, 5.41) is 3.63. The average molecular weight is 443 g/mol. The highest BCUT2D eigenvalue weighted by Gasteiger charge is 2.35. The van der Waals surface area contributed by atoms with Crippen molar-refractivity contribution in [3.05, 3.63) is 57.3 Å². The highest BCUT2D eigenvalue weighted by Crippen LogP contribution is 2.34. The van der Waals surface area contributed by atoms with E-state index in [9.17, 15) is 18.0 Å². The molecule has 0 bridgehead atoms. The summed E-state index contributed by atoms with van der Waals surface area (Å²) in [5.74, 6) is -0.639. The summed E-state index contributed by atoms with van der Waals surface area (Å²) in [5.41, 5.74) is 1.94. The number of halogens is 5. The van der Waals surface area contributed by atoms with Gasteiger partial charge in [-0.2, -0.15) is 13.2 Å². The number of amides is 1. The van der Waals surface area contributed by atoms with Gasteiger partial charge in [-0.05, 0) is 42.3 Å². The number of benzene rings is 1. The molecule has 1 amide bonds. The number of carbonyl (C=O) groups excluding carboxylic acids is 1. The number of aromatic nitrogens is 2. The molecule has 0 saturated heterocycles. The maximum atomic E-state index is 12.9. The second-order valence-corrected chi connectivity index (χ2v) is 7.65. The highest BCUT2D eigenvalue weighted by atomic mass is 35.5. The Morgan fingerprint density at radius 3 is 2.79 bits per heavy atom. The summed E-state index contributed by atoms with van der Waals surface area (Å²) >= 11 is 11.6. The molecule has 1 aliphatic rings. The topological polar surface area (TPSA) is 61.0 Å². The molecule has 1 aliphatic heterocycles. The van der Waals surface area contributed by atoms with Crippen LogP contribution in [-0.2, 0) is 23.9 Å². The smallest absolute Gasteiger partial charge is 0.357 e. The number of H-pyrrole nitrogens is 1. The lowest BCUT2D eigenvalue weighted by Gasteiger charge is -2.26. The van der Waals surface area contributed by atoms with Crippen molar-refractivity contribution < 1.29 is 18.0 Å². The quantitative estimate of drug-likeness (QED) is 0.607. The maximum absolute atomic E-state index is 12.9. The molecule has 0 aliphatic carbocycles. The van der Waals surface area contributed by atoms with Crippen molar-refractivity contribution in [1.82, 2.24) is 14.9 Å². The van der Waals surface area contributed by atoms with Crippen LogP contribution in [0.2, 0.25) is 10.0 Å². The van der Waals surface area contributed by atoms with Gasteiger partial charge >= 0.3 is 6.18 Å². The number of carbonyl (C=O) groups is 1. The largest absolute Gasteiger partial charge is 0.434 e. The molecule has 0 saturated carbocycles. The number of hydrogen-bond donors (Lipinski definition) is 2. The predicted molar refractivity (Wildman–Crippen MR) is 105 cm³/mol. The van der Waals surface area contributed by atoms with E-state index in [1.165, 1.54) is 11.6 Å². The van der Waals surface area contributed by atoms with Crippen LogP contribution in [0.5, 0.6) is 0 Å². The van der Waals surface area contributed by atoms with Crippen LogP contribution in [-0.4, -0.2) is 33.9 Å². The lowest BCUT2D eigenvalue weighted by Crippen LogP contribution is -2.37. The number of pyridine rings is 1. The van der Waals surface area contributed by atoms with Crippen LogP contribution in [0.25, 0.3) is 10.9 Å². The summed E-state index contributed by atoms with van der Waals surface area (Å²) in [4.78, 5) is 21.0. The normalized spacial score (nSPS) is 14.8. The zero-order valence-electron chi connectivity index (χ0n) is 14.9. The van der Waals surface area contributed by atoms with Gasteiger partial charge in [0.15, 0.2) is 5.69 Å². The lowest BCUT2D eigenvalue weighted by atomic mass is 10.0. The van der Waals surface area contributed by atoms with Crippen molar-refractivity contribution in [3.8, 4) is 0 Å². The second-order valence-electron chi connectivity index (χ2n) is 6.81. The van der Waals surface area contributed by atoms with E-state index in [4.69, 9.17) is 23.2 Å². The Morgan fingerprint density at radius 1 is 1.24 bits per heavy atom. The minimum atomic E-state index is -4.69. The monoisotopic (exact) mass is 442 g/mol. The molecule has 3 aromatic rings. The van der Waals surface area contributed by atoms with Crippen LogP contribution in [0.4, 0.5) is 19.0 Å². The number of alkyl halides is 3. The van der Waals surface area contributed by atoms with Gasteiger partial charge in [0.2, 0.25) is 5.91 Å². The van der Waals surface area contributed by atoms with Crippen LogP contribution in [0.3, 0.4) is 0 Å². The fourth-order valence-electron chi connectivity index (χ4n) is 3.50. The highest BCUT2D eigenvalue weighted by molar-refractivity contribution is 6.31. The molecule has 5 nitrogen and oxygen atoms in total. The first-order valence-corrected chi connectivity index (χ1v) is 9.51. The van der Waals surface area contributed by atoms with Crippen molar-refractivity contribution >= 4 is 45.8 Å². The third-order valence-electron chi connectivity index (χ3n) is 4.77. The summed E-state index contributed by atoms with van der Waals surface area (Å²) in [6.07, 6.45) is -3.96. The van der Waals surface area contributed by atoms with Crippen molar-refractivity contribution in [2.24, 2.45) is 0 Å². The molecule has 0 atom stereocenters. The summed E-state index contributed by atoms with van der Waals surface area (Å²) in [6.45, 7) is 1.19. The van der Waals surface area contributed by atoms with Crippen LogP contribution in [0, 0.1) is 0 Å². The summed E-state index contributed by atoms with van der Waals surface area (Å²) < 4.78 is 38.7. The number of fused-ring (bicyclic) bond motifs is 3. The standard InChI is InChI=1S/C19H15Cl2F3N4O/c20-10-1-3-14-12(7-10)11-5-6-28(8-15(11)25-14)9-17(29)26-16-4-2-13(21)18(27-16)19(22,23)24/h1-4,7,25H,5-6,8-9H2,(H,26,27,29). The minimum Gasteiger partial charge on any atom is -0.357 e. The molecule has 2 aromatic heterocycles. The molecule has 0 unspecified atom stereocenters. The lowest BCUT2D eigenvalue weighted by molar-refractivity contribution is -0.141. The molecule has 0 fully saturated rings. The molecule has 2 N–H and O–H groups in total. The van der Waals surface area contributed by atoms with E-state index >= 15 is 0 Å². The molecule has 152 valence electrons. The fraction of sp³-hybridized carbons (Fsp3) is 0.263. The molecule has 10 heteroatoms. The van der Waals surface area contributed by atoms with E-state index in [0.29, 0.717) is 18.1 Å². The Bertz CT molecular complexity index is 1100. The molecular weight excluding hydrogens is 428 g/mol. The van der Waals surface area contributed by atoms with Crippen LogP contribution < -0.4 is 5.32 Å². The number of rotatable bonds is 3. The van der Waals surface area contributed by atoms with Crippen molar-refractivity contribution in [2.75, 3.05) is 18.4 Å². The van der Waals surface area contributed by atoms with Gasteiger partial charge in [0.25, 0.3) is 0 Å². The summed E-state index contributed by atoms with van der Waals surface area (Å²) in [6, 6.07) is 7.95. The first-order chi connectivity index (χ1) is 13.7. The van der Waals surface area contributed by atoms with Gasteiger partial charge in [-0.25, -0.2) is 4.98 Å². The zero-order chi connectivity index (χ0) is 20.8. The molecular formula is C19H15Cl2F3N4O. The van der Waals surface area contributed by atoms with Gasteiger partial charge in [-0.1, -0.05) is 23.2 Å². The van der Waals surface area contributed by atoms with Crippen LogP contribution in [0.1, 0.15) is 17.0 Å². The fourth-order valence-corrected chi connectivity index (χ4v) is 3.88. The number of nitrogens with zero attached hydrogens (tertiary/aromatic N) is 2. The van der Waals surface area contributed by atoms with E-state index in [-0.39, 0.29) is 12.4 Å². The Morgan fingerprint density at radius 2 is 2.03 bits per heavy atom. The summed E-state index contributed by atoms with van der Waals surface area (Å²) in [7, 11) is 0. The Hall–Kier alpha value is -2.29. The van der Waals surface area contributed by atoms with Crippen molar-refractivity contribution in [2.45, 2.75) is 19.1 Å². The van der Waals surface area contributed by atoms with E-state index in [2.05, 4.69) is 15.3 Å². The third kappa shape index (κ3) is 4.19. The van der Waals surface area contributed by atoms with Gasteiger partial charge < -0.3 is 10.3 Å². The van der Waals surface area contributed by atoms with Gasteiger partial charge in [0, 0.05) is 34.7 Å². The minimum absolute atomic E-state index is 0.0290. The first-order valence-electron chi connectivity index (χ1n) is 8.75. The molecule has 0 spiro atoms. The van der Waals surface area contributed by atoms with E-state index < -0.39 is 22.8 Å². The molecule has 1 aromatic carbocycles. The number of aromatic amines is 1. The van der Waals surface area contributed by atoms with Crippen molar-refractivity contribution in [3.63, 3.8) is 0 Å². The van der Waals surface area contributed by atoms with Crippen molar-refractivity contribution in [1.29, 1.82) is 0 Å². The van der Waals surface area contributed by atoms with Gasteiger partial charge in [-0.3, -0.25) is 9.69 Å². The Kier molecular flexibility index (Phi) is 5.18. The van der Waals surface area contributed by atoms with E-state index in [0.717, 1.165) is 29.1 Å². The van der Waals surface area contributed by atoms with Crippen LogP contribution >= 0.6 is 23.2 Å². The average Bonchev–Trinajstić information content (AvgIpc) is 2.99. The number of hydrogen-bond acceptors (Lipinski definition) is 3.